The summed E-state index contributed by atoms with van der Waals surface area (Å²) >= 11 is 0. The molecular weight excluding hydrogens is 172 g/mol. The second-order valence-corrected chi connectivity index (χ2v) is 4.15. The van der Waals surface area contributed by atoms with Crippen LogP contribution in [0.3, 0.4) is 0 Å². The highest BCUT2D eigenvalue weighted by Crippen LogP contribution is 2.17. The van der Waals surface area contributed by atoms with E-state index in [9.17, 15) is 0 Å². The third kappa shape index (κ3) is 7.81. The van der Waals surface area contributed by atoms with Gasteiger partial charge in [0.05, 0.1) is 12.2 Å². The predicted molar refractivity (Wildman–Crippen MR) is 63.4 cm³/mol. The van der Waals surface area contributed by atoms with Gasteiger partial charge in [-0.25, -0.2) is 0 Å². The van der Waals surface area contributed by atoms with E-state index in [0.717, 1.165) is 18.4 Å². The molecule has 0 bridgehead atoms. The Bertz CT molecular complexity index is 211. The van der Waals surface area contributed by atoms with Crippen LogP contribution < -0.4 is 0 Å². The smallest absolute Gasteiger partial charge is 0.0652 e. The van der Waals surface area contributed by atoms with Crippen molar-refractivity contribution in [3.8, 4) is 0 Å². The maximum Gasteiger partial charge on any atom is 0.0652 e. The van der Waals surface area contributed by atoms with Crippen LogP contribution in [0.4, 0.5) is 0 Å². The molecule has 0 N–H and O–H groups in total. The molecule has 0 aromatic rings. The van der Waals surface area contributed by atoms with Crippen molar-refractivity contribution in [3.05, 3.63) is 37.0 Å². The van der Waals surface area contributed by atoms with Crippen molar-refractivity contribution in [2.75, 3.05) is 6.61 Å². The second kappa shape index (κ2) is 6.61. The number of hydrogen-bond acceptors (Lipinski definition) is 1. The first-order chi connectivity index (χ1) is 6.48. The molecule has 0 heterocycles. The fourth-order valence-electron chi connectivity index (χ4n) is 1.07. The van der Waals surface area contributed by atoms with Gasteiger partial charge in [-0.3, -0.25) is 0 Å². The average Bonchev–Trinajstić information content (AvgIpc) is 2.09. The summed E-state index contributed by atoms with van der Waals surface area (Å²) in [5.74, 6) is 0. The van der Waals surface area contributed by atoms with Crippen LogP contribution in [0.5, 0.6) is 0 Å². The lowest BCUT2D eigenvalue weighted by molar-refractivity contribution is -0.00635. The summed E-state index contributed by atoms with van der Waals surface area (Å²) in [6.07, 6.45) is 8.01. The van der Waals surface area contributed by atoms with Gasteiger partial charge in [-0.05, 0) is 33.6 Å². The molecule has 0 aliphatic carbocycles. The van der Waals surface area contributed by atoms with Crippen LogP contribution >= 0.6 is 0 Å². The molecule has 0 saturated carbocycles. The first-order valence-electron chi connectivity index (χ1n) is 5.05. The quantitative estimate of drug-likeness (QED) is 0.441. The van der Waals surface area contributed by atoms with Gasteiger partial charge in [0.2, 0.25) is 0 Å². The van der Waals surface area contributed by atoms with Gasteiger partial charge < -0.3 is 4.74 Å². The van der Waals surface area contributed by atoms with Crippen molar-refractivity contribution in [1.29, 1.82) is 0 Å². The molecule has 0 spiro atoms. The molecule has 0 radical (unpaired) electrons. The number of hydrogen-bond donors (Lipinski definition) is 0. The largest absolute Gasteiger partial charge is 0.372 e. The highest BCUT2D eigenvalue weighted by molar-refractivity contribution is 5.10. The minimum atomic E-state index is -0.0619. The van der Waals surface area contributed by atoms with E-state index in [1.54, 1.807) is 6.08 Å². The van der Waals surface area contributed by atoms with Crippen LogP contribution in [0, 0.1) is 0 Å². The summed E-state index contributed by atoms with van der Waals surface area (Å²) in [7, 11) is 0. The van der Waals surface area contributed by atoms with Crippen molar-refractivity contribution in [2.24, 2.45) is 0 Å². The standard InChI is InChI=1S/C13H22O/c1-6-11-14-13(4,5)10-8-7-9-12(2)3/h6-7,9H,1-2,8,10-11H2,3-5H3/b9-7+. The minimum absolute atomic E-state index is 0.0619. The van der Waals surface area contributed by atoms with Crippen molar-refractivity contribution in [1.82, 2.24) is 0 Å². The SMILES string of the molecule is C=CCOC(C)(C)CC/C=C/C(=C)C. The lowest BCUT2D eigenvalue weighted by Crippen LogP contribution is -2.24. The molecule has 0 rings (SSSR count). The fourth-order valence-corrected chi connectivity index (χ4v) is 1.07. The molecule has 0 atom stereocenters. The van der Waals surface area contributed by atoms with Crippen LogP contribution in [0.2, 0.25) is 0 Å². The van der Waals surface area contributed by atoms with E-state index >= 15 is 0 Å². The third-order valence-corrected chi connectivity index (χ3v) is 1.91. The Kier molecular flexibility index (Phi) is 6.22. The summed E-state index contributed by atoms with van der Waals surface area (Å²) in [4.78, 5) is 0. The predicted octanol–water partition coefficient (Wildman–Crippen LogP) is 3.88. The highest BCUT2D eigenvalue weighted by atomic mass is 16.5. The van der Waals surface area contributed by atoms with Crippen molar-refractivity contribution in [3.63, 3.8) is 0 Å². The van der Waals surface area contributed by atoms with Gasteiger partial charge in [-0.2, -0.15) is 0 Å². The van der Waals surface area contributed by atoms with E-state index in [4.69, 9.17) is 4.74 Å². The zero-order valence-corrected chi connectivity index (χ0v) is 9.68. The van der Waals surface area contributed by atoms with Crippen molar-refractivity contribution < 1.29 is 4.74 Å². The first-order valence-corrected chi connectivity index (χ1v) is 5.05. The Morgan fingerprint density at radius 2 is 2.07 bits per heavy atom. The summed E-state index contributed by atoms with van der Waals surface area (Å²) in [6.45, 7) is 14.3. The van der Waals surface area contributed by atoms with E-state index in [1.807, 2.05) is 13.0 Å². The molecule has 0 amide bonds. The molecule has 0 aliphatic rings. The van der Waals surface area contributed by atoms with Gasteiger partial charge in [0.15, 0.2) is 0 Å². The third-order valence-electron chi connectivity index (χ3n) is 1.91. The molecule has 0 aromatic heterocycles. The van der Waals surface area contributed by atoms with E-state index in [1.165, 1.54) is 0 Å². The monoisotopic (exact) mass is 194 g/mol. The minimum Gasteiger partial charge on any atom is -0.372 e. The molecule has 0 fully saturated rings. The molecule has 0 unspecified atom stereocenters. The first kappa shape index (κ1) is 13.2. The molecular formula is C13H22O. The molecule has 1 nitrogen and oxygen atoms in total. The van der Waals surface area contributed by atoms with Crippen LogP contribution in [-0.2, 0) is 4.74 Å². The van der Waals surface area contributed by atoms with Crippen molar-refractivity contribution in [2.45, 2.75) is 39.2 Å². The molecule has 0 saturated heterocycles. The summed E-state index contributed by atoms with van der Waals surface area (Å²) in [5, 5.41) is 0. The number of ether oxygens (including phenoxy) is 1. The maximum atomic E-state index is 5.61. The zero-order chi connectivity index (χ0) is 11.0. The molecule has 1 heteroatoms. The van der Waals surface area contributed by atoms with Gasteiger partial charge in [0, 0.05) is 0 Å². The van der Waals surface area contributed by atoms with Crippen LogP contribution in [0.1, 0.15) is 33.6 Å². The van der Waals surface area contributed by atoms with E-state index in [2.05, 4.69) is 33.1 Å². The zero-order valence-electron chi connectivity index (χ0n) is 9.68. The summed E-state index contributed by atoms with van der Waals surface area (Å²) in [5.41, 5.74) is 1.03. The Balaban J connectivity index is 3.74. The molecule has 0 aliphatic heterocycles. The lowest BCUT2D eigenvalue weighted by Gasteiger charge is -2.23. The number of allylic oxidation sites excluding steroid dienone is 3. The second-order valence-electron chi connectivity index (χ2n) is 4.15. The summed E-state index contributed by atoms with van der Waals surface area (Å²) in [6, 6.07) is 0. The maximum absolute atomic E-state index is 5.61. The Labute approximate surface area is 88.2 Å². The lowest BCUT2D eigenvalue weighted by atomic mass is 10.0. The van der Waals surface area contributed by atoms with E-state index < -0.39 is 0 Å². The fraction of sp³-hybridized carbons (Fsp3) is 0.538. The van der Waals surface area contributed by atoms with Gasteiger partial charge in [0.25, 0.3) is 0 Å². The van der Waals surface area contributed by atoms with Crippen LogP contribution in [0.15, 0.2) is 37.0 Å². The average molecular weight is 194 g/mol. The summed E-state index contributed by atoms with van der Waals surface area (Å²) < 4.78 is 5.61. The van der Waals surface area contributed by atoms with Crippen molar-refractivity contribution >= 4 is 0 Å². The van der Waals surface area contributed by atoms with Gasteiger partial charge in [-0.15, -0.1) is 6.58 Å². The molecule has 80 valence electrons. The van der Waals surface area contributed by atoms with Gasteiger partial charge >= 0.3 is 0 Å². The van der Waals surface area contributed by atoms with Crippen LogP contribution in [-0.4, -0.2) is 12.2 Å². The Morgan fingerprint density at radius 1 is 1.43 bits per heavy atom. The Morgan fingerprint density at radius 3 is 2.57 bits per heavy atom. The van der Waals surface area contributed by atoms with E-state index in [-0.39, 0.29) is 5.60 Å². The van der Waals surface area contributed by atoms with E-state index in [0.29, 0.717) is 6.61 Å². The number of rotatable bonds is 7. The normalized spacial score (nSPS) is 11.9. The van der Waals surface area contributed by atoms with Gasteiger partial charge in [0.1, 0.15) is 0 Å². The Hall–Kier alpha value is -0.820. The van der Waals surface area contributed by atoms with Gasteiger partial charge in [-0.1, -0.05) is 30.4 Å². The van der Waals surface area contributed by atoms with Crippen LogP contribution in [0.25, 0.3) is 0 Å². The highest BCUT2D eigenvalue weighted by Gasteiger charge is 2.15. The molecule has 14 heavy (non-hydrogen) atoms. The molecule has 0 aromatic carbocycles. The topological polar surface area (TPSA) is 9.23 Å².